The molecular formula is C16H11F3O2. The lowest BCUT2D eigenvalue weighted by Gasteiger charge is -2.12. The highest BCUT2D eigenvalue weighted by Crippen LogP contribution is 2.35. The van der Waals surface area contributed by atoms with Gasteiger partial charge in [-0.25, -0.2) is 4.79 Å². The van der Waals surface area contributed by atoms with Crippen molar-refractivity contribution in [1.29, 1.82) is 0 Å². The van der Waals surface area contributed by atoms with Crippen LogP contribution >= 0.6 is 0 Å². The molecule has 0 spiro atoms. The van der Waals surface area contributed by atoms with Gasteiger partial charge in [0.1, 0.15) is 0 Å². The van der Waals surface area contributed by atoms with Crippen molar-refractivity contribution in [3.63, 3.8) is 0 Å². The van der Waals surface area contributed by atoms with Gasteiger partial charge in [-0.1, -0.05) is 36.4 Å². The maximum absolute atomic E-state index is 12.9. The maximum Gasteiger partial charge on any atom is 0.416 e. The first-order valence-corrected chi connectivity index (χ1v) is 6.05. The molecule has 0 unspecified atom stereocenters. The van der Waals surface area contributed by atoms with Crippen LogP contribution in [0.3, 0.4) is 0 Å². The summed E-state index contributed by atoms with van der Waals surface area (Å²) in [6.07, 6.45) is -2.88. The molecule has 0 radical (unpaired) electrons. The normalized spacial score (nSPS) is 11.8. The van der Waals surface area contributed by atoms with Crippen LogP contribution in [-0.2, 0) is 11.0 Å². The summed E-state index contributed by atoms with van der Waals surface area (Å²) in [7, 11) is 0. The lowest BCUT2D eigenvalue weighted by Crippen LogP contribution is -2.07. The van der Waals surface area contributed by atoms with E-state index < -0.39 is 17.7 Å². The molecule has 0 atom stereocenters. The molecule has 108 valence electrons. The van der Waals surface area contributed by atoms with E-state index in [0.29, 0.717) is 11.6 Å². The monoisotopic (exact) mass is 292 g/mol. The summed E-state index contributed by atoms with van der Waals surface area (Å²) in [5, 5.41) is 8.59. The van der Waals surface area contributed by atoms with E-state index in [2.05, 4.69) is 0 Å². The van der Waals surface area contributed by atoms with Gasteiger partial charge in [0.15, 0.2) is 0 Å². The van der Waals surface area contributed by atoms with Crippen LogP contribution < -0.4 is 0 Å². The second-order valence-corrected chi connectivity index (χ2v) is 4.34. The molecule has 0 saturated carbocycles. The standard InChI is InChI=1S/C16H11F3O2/c17-16(18,19)14-8-6-12(11-4-2-1-3-5-11)10-13(14)7-9-15(20)21/h1-10H,(H,20,21). The Morgan fingerprint density at radius 1 is 1.00 bits per heavy atom. The first-order valence-electron chi connectivity index (χ1n) is 6.05. The molecule has 2 aromatic carbocycles. The number of alkyl halides is 3. The first-order chi connectivity index (χ1) is 9.88. The first kappa shape index (κ1) is 14.8. The third-order valence-corrected chi connectivity index (χ3v) is 2.87. The van der Waals surface area contributed by atoms with E-state index in [-0.39, 0.29) is 5.56 Å². The van der Waals surface area contributed by atoms with Crippen LogP contribution in [0.4, 0.5) is 13.2 Å². The molecule has 0 aliphatic heterocycles. The molecule has 2 rings (SSSR count). The van der Waals surface area contributed by atoms with Crippen molar-refractivity contribution in [2.45, 2.75) is 6.18 Å². The van der Waals surface area contributed by atoms with Crippen molar-refractivity contribution < 1.29 is 23.1 Å². The van der Waals surface area contributed by atoms with Crippen LogP contribution in [0.15, 0.2) is 54.6 Å². The van der Waals surface area contributed by atoms with Gasteiger partial charge in [0.25, 0.3) is 0 Å². The molecule has 0 bridgehead atoms. The molecule has 0 fully saturated rings. The average Bonchev–Trinajstić information content (AvgIpc) is 2.44. The summed E-state index contributed by atoms with van der Waals surface area (Å²) >= 11 is 0. The van der Waals surface area contributed by atoms with E-state index in [9.17, 15) is 18.0 Å². The quantitative estimate of drug-likeness (QED) is 0.847. The van der Waals surface area contributed by atoms with Crippen molar-refractivity contribution in [1.82, 2.24) is 0 Å². The highest BCUT2D eigenvalue weighted by atomic mass is 19.4. The zero-order chi connectivity index (χ0) is 15.5. The van der Waals surface area contributed by atoms with Crippen molar-refractivity contribution in [3.8, 4) is 11.1 Å². The zero-order valence-electron chi connectivity index (χ0n) is 10.8. The van der Waals surface area contributed by atoms with Crippen LogP contribution in [0.2, 0.25) is 0 Å². The van der Waals surface area contributed by atoms with Gasteiger partial charge in [-0.05, 0) is 34.9 Å². The molecule has 0 aliphatic carbocycles. The predicted molar refractivity (Wildman–Crippen MR) is 73.5 cm³/mol. The lowest BCUT2D eigenvalue weighted by molar-refractivity contribution is -0.138. The minimum atomic E-state index is -4.53. The molecule has 0 saturated heterocycles. The zero-order valence-corrected chi connectivity index (χ0v) is 10.8. The third-order valence-electron chi connectivity index (χ3n) is 2.87. The minimum Gasteiger partial charge on any atom is -0.478 e. The van der Waals surface area contributed by atoms with E-state index in [4.69, 9.17) is 5.11 Å². The summed E-state index contributed by atoms with van der Waals surface area (Å²) in [5.74, 6) is -1.30. The highest BCUT2D eigenvalue weighted by Gasteiger charge is 2.32. The maximum atomic E-state index is 12.9. The van der Waals surface area contributed by atoms with E-state index in [0.717, 1.165) is 17.7 Å². The number of hydrogen-bond acceptors (Lipinski definition) is 1. The summed E-state index contributed by atoms with van der Waals surface area (Å²) in [5.41, 5.74) is 0.316. The number of rotatable bonds is 3. The van der Waals surface area contributed by atoms with Crippen LogP contribution in [0.1, 0.15) is 11.1 Å². The van der Waals surface area contributed by atoms with Crippen molar-refractivity contribution in [2.24, 2.45) is 0 Å². The molecule has 2 nitrogen and oxygen atoms in total. The number of carbonyl (C=O) groups is 1. The summed E-state index contributed by atoms with van der Waals surface area (Å²) in [6.45, 7) is 0. The molecule has 2 aromatic rings. The van der Waals surface area contributed by atoms with E-state index in [1.54, 1.807) is 30.3 Å². The molecule has 1 N–H and O–H groups in total. The Hall–Kier alpha value is -2.56. The van der Waals surface area contributed by atoms with Crippen LogP contribution in [0, 0.1) is 0 Å². The Morgan fingerprint density at radius 3 is 2.24 bits per heavy atom. The summed E-state index contributed by atoms with van der Waals surface area (Å²) < 4.78 is 38.8. The van der Waals surface area contributed by atoms with Gasteiger partial charge in [0.2, 0.25) is 0 Å². The van der Waals surface area contributed by atoms with Crippen LogP contribution in [0.25, 0.3) is 17.2 Å². The average molecular weight is 292 g/mol. The fourth-order valence-corrected chi connectivity index (χ4v) is 1.93. The van der Waals surface area contributed by atoms with Gasteiger partial charge >= 0.3 is 12.1 Å². The van der Waals surface area contributed by atoms with Crippen LogP contribution in [0.5, 0.6) is 0 Å². The fraction of sp³-hybridized carbons (Fsp3) is 0.0625. The summed E-state index contributed by atoms with van der Waals surface area (Å²) in [6, 6.07) is 12.6. The molecule has 0 amide bonds. The second kappa shape index (κ2) is 5.83. The van der Waals surface area contributed by atoms with Gasteiger partial charge in [-0.2, -0.15) is 13.2 Å². The van der Waals surface area contributed by atoms with Gasteiger partial charge in [0.05, 0.1) is 5.56 Å². The van der Waals surface area contributed by atoms with Gasteiger partial charge < -0.3 is 5.11 Å². The molecule has 0 aliphatic rings. The Morgan fingerprint density at radius 2 is 1.67 bits per heavy atom. The molecule has 21 heavy (non-hydrogen) atoms. The SMILES string of the molecule is O=C(O)C=Cc1cc(-c2ccccc2)ccc1C(F)(F)F. The number of hydrogen-bond donors (Lipinski definition) is 1. The number of benzene rings is 2. The molecule has 0 aromatic heterocycles. The van der Waals surface area contributed by atoms with Crippen molar-refractivity contribution in [3.05, 3.63) is 65.7 Å². The topological polar surface area (TPSA) is 37.3 Å². The van der Waals surface area contributed by atoms with Gasteiger partial charge in [-0.15, -0.1) is 0 Å². The summed E-state index contributed by atoms with van der Waals surface area (Å²) in [4.78, 5) is 10.5. The van der Waals surface area contributed by atoms with Crippen LogP contribution in [-0.4, -0.2) is 11.1 Å². The molecule has 5 heteroatoms. The van der Waals surface area contributed by atoms with E-state index in [1.807, 2.05) is 0 Å². The van der Waals surface area contributed by atoms with Gasteiger partial charge in [-0.3, -0.25) is 0 Å². The Balaban J connectivity index is 2.54. The van der Waals surface area contributed by atoms with Crippen molar-refractivity contribution in [2.75, 3.05) is 0 Å². The minimum absolute atomic E-state index is 0.175. The largest absolute Gasteiger partial charge is 0.478 e. The Bertz CT molecular complexity index is 674. The van der Waals surface area contributed by atoms with E-state index in [1.165, 1.54) is 12.1 Å². The fourth-order valence-electron chi connectivity index (χ4n) is 1.93. The van der Waals surface area contributed by atoms with Crippen molar-refractivity contribution >= 4 is 12.0 Å². The lowest BCUT2D eigenvalue weighted by atomic mass is 9.98. The Labute approximate surface area is 119 Å². The highest BCUT2D eigenvalue weighted by molar-refractivity contribution is 5.86. The smallest absolute Gasteiger partial charge is 0.416 e. The molecular weight excluding hydrogens is 281 g/mol. The number of halogens is 3. The van der Waals surface area contributed by atoms with E-state index >= 15 is 0 Å². The third kappa shape index (κ3) is 3.72. The number of carboxylic acid groups (broad SMARTS) is 1. The van der Waals surface area contributed by atoms with Gasteiger partial charge in [0, 0.05) is 6.08 Å². The second-order valence-electron chi connectivity index (χ2n) is 4.34. The number of carboxylic acids is 1. The Kier molecular flexibility index (Phi) is 4.12. The molecule has 0 heterocycles. The predicted octanol–water partition coefficient (Wildman–Crippen LogP) is 4.47. The number of aliphatic carboxylic acids is 1.